The van der Waals surface area contributed by atoms with Crippen molar-refractivity contribution in [3.63, 3.8) is 0 Å². The Balaban J connectivity index is 4.09. The Bertz CT molecular complexity index is 135. The number of ether oxygens (including phenoxy) is 1. The van der Waals surface area contributed by atoms with Gasteiger partial charge in [0.05, 0.1) is 0 Å². The van der Waals surface area contributed by atoms with E-state index < -0.39 is 9.04 Å². The molecule has 2 nitrogen and oxygen atoms in total. The quantitative estimate of drug-likeness (QED) is 0.471. The van der Waals surface area contributed by atoms with Crippen LogP contribution in [0.3, 0.4) is 0 Å². The topological polar surface area (TPSA) is 18.5 Å². The summed E-state index contributed by atoms with van der Waals surface area (Å²) in [7, 11) is 0.673. The van der Waals surface area contributed by atoms with E-state index in [4.69, 9.17) is 9.16 Å². The molecule has 0 bridgehead atoms. The van der Waals surface area contributed by atoms with E-state index in [0.29, 0.717) is 0 Å². The summed E-state index contributed by atoms with van der Waals surface area (Å²) in [6, 6.07) is 2.52. The highest BCUT2D eigenvalue weighted by Crippen LogP contribution is 2.17. The van der Waals surface area contributed by atoms with Gasteiger partial charge in [-0.25, -0.2) is 0 Å². The summed E-state index contributed by atoms with van der Waals surface area (Å²) < 4.78 is 11.4. The van der Waals surface area contributed by atoms with Crippen molar-refractivity contribution < 1.29 is 9.16 Å². The summed E-state index contributed by atoms with van der Waals surface area (Å²) in [6.07, 6.45) is 0.982. The van der Waals surface area contributed by atoms with Gasteiger partial charge in [0.15, 0.2) is 9.04 Å². The molecule has 3 heteroatoms. The molecule has 0 aromatic carbocycles. The predicted molar refractivity (Wildman–Crippen MR) is 68.6 cm³/mol. The molecule has 0 saturated carbocycles. The van der Waals surface area contributed by atoms with Gasteiger partial charge in [-0.15, -0.1) is 0 Å². The van der Waals surface area contributed by atoms with Gasteiger partial charge in [0.25, 0.3) is 0 Å². The maximum atomic E-state index is 6.09. The molecule has 0 aromatic rings. The first-order valence-corrected chi connectivity index (χ1v) is 8.28. The van der Waals surface area contributed by atoms with E-state index in [1.807, 2.05) is 0 Å². The molecule has 0 aromatic heterocycles. The van der Waals surface area contributed by atoms with Crippen LogP contribution in [0.2, 0.25) is 12.1 Å². The molecular formula is C12H28O2Si. The zero-order chi connectivity index (χ0) is 11.8. The van der Waals surface area contributed by atoms with E-state index in [1.54, 1.807) is 7.11 Å². The van der Waals surface area contributed by atoms with Crippen molar-refractivity contribution in [2.45, 2.75) is 59.4 Å². The molecule has 92 valence electrons. The summed E-state index contributed by atoms with van der Waals surface area (Å²) in [5, 5.41) is 0. The lowest BCUT2D eigenvalue weighted by Gasteiger charge is -2.24. The molecule has 0 saturated heterocycles. The number of rotatable bonds is 8. The van der Waals surface area contributed by atoms with Gasteiger partial charge in [-0.3, -0.25) is 0 Å². The minimum Gasteiger partial charge on any atom is -0.396 e. The Labute approximate surface area is 97.1 Å². The smallest absolute Gasteiger partial charge is 0.180 e. The lowest BCUT2D eigenvalue weighted by atomic mass is 10.3. The van der Waals surface area contributed by atoms with Gasteiger partial charge < -0.3 is 9.16 Å². The van der Waals surface area contributed by atoms with E-state index in [-0.39, 0.29) is 6.29 Å². The number of hydrogen-bond acceptors (Lipinski definition) is 2. The van der Waals surface area contributed by atoms with Crippen molar-refractivity contribution in [3.8, 4) is 0 Å². The average molecular weight is 232 g/mol. The fraction of sp³-hybridized carbons (Fsp3) is 1.00. The van der Waals surface area contributed by atoms with Crippen LogP contribution in [0.15, 0.2) is 0 Å². The Morgan fingerprint density at radius 2 is 1.47 bits per heavy atom. The molecule has 0 aliphatic heterocycles. The fourth-order valence-corrected chi connectivity index (χ4v) is 5.04. The Kier molecular flexibility index (Phi) is 8.38. The molecule has 0 N–H and O–H groups in total. The zero-order valence-corrected chi connectivity index (χ0v) is 12.4. The van der Waals surface area contributed by atoms with Crippen molar-refractivity contribution in [2.24, 2.45) is 11.8 Å². The van der Waals surface area contributed by atoms with Crippen molar-refractivity contribution in [3.05, 3.63) is 0 Å². The van der Waals surface area contributed by atoms with E-state index in [1.165, 1.54) is 12.1 Å². The van der Waals surface area contributed by atoms with Gasteiger partial charge >= 0.3 is 0 Å². The molecule has 0 aliphatic carbocycles. The highest BCUT2D eigenvalue weighted by atomic mass is 28.3. The summed E-state index contributed by atoms with van der Waals surface area (Å²) in [5.74, 6) is 1.49. The maximum Gasteiger partial charge on any atom is 0.180 e. The molecule has 0 spiro atoms. The molecule has 1 atom stereocenters. The molecule has 0 heterocycles. The van der Waals surface area contributed by atoms with Crippen LogP contribution < -0.4 is 0 Å². The second-order valence-corrected chi connectivity index (χ2v) is 7.55. The third-order valence-electron chi connectivity index (χ3n) is 2.41. The van der Waals surface area contributed by atoms with Crippen LogP contribution in [0.4, 0.5) is 0 Å². The SMILES string of the molecule is CCC(OC)O[SiH](CC(C)C)CC(C)C. The van der Waals surface area contributed by atoms with Crippen molar-refractivity contribution in [1.82, 2.24) is 0 Å². The van der Waals surface area contributed by atoms with Crippen LogP contribution in [-0.2, 0) is 9.16 Å². The minimum absolute atomic E-state index is 0.0270. The van der Waals surface area contributed by atoms with Crippen molar-refractivity contribution in [1.29, 1.82) is 0 Å². The Morgan fingerprint density at radius 3 is 1.73 bits per heavy atom. The molecule has 0 amide bonds. The molecule has 0 aliphatic rings. The third-order valence-corrected chi connectivity index (χ3v) is 6.03. The van der Waals surface area contributed by atoms with E-state index >= 15 is 0 Å². The van der Waals surface area contributed by atoms with E-state index in [9.17, 15) is 0 Å². The van der Waals surface area contributed by atoms with Gasteiger partial charge in [0, 0.05) is 7.11 Å². The molecular weight excluding hydrogens is 204 g/mol. The fourth-order valence-electron chi connectivity index (χ4n) is 1.79. The molecule has 15 heavy (non-hydrogen) atoms. The first-order valence-electron chi connectivity index (χ1n) is 6.17. The lowest BCUT2D eigenvalue weighted by Crippen LogP contribution is -2.29. The predicted octanol–water partition coefficient (Wildman–Crippen LogP) is 3.42. The summed E-state index contributed by atoms with van der Waals surface area (Å²) in [5.41, 5.74) is 0. The van der Waals surface area contributed by atoms with Crippen molar-refractivity contribution in [2.75, 3.05) is 7.11 Å². The third kappa shape index (κ3) is 8.00. The van der Waals surface area contributed by atoms with Crippen LogP contribution in [-0.4, -0.2) is 22.4 Å². The molecule has 0 radical (unpaired) electrons. The monoisotopic (exact) mass is 232 g/mol. The number of hydrogen-bond donors (Lipinski definition) is 0. The maximum absolute atomic E-state index is 6.09. The first-order chi connectivity index (χ1) is 6.99. The van der Waals surface area contributed by atoms with Gasteiger partial charge in [-0.05, 0) is 30.3 Å². The molecule has 0 rings (SSSR count). The average Bonchev–Trinajstić information content (AvgIpc) is 2.11. The minimum atomic E-state index is -1.07. The lowest BCUT2D eigenvalue weighted by molar-refractivity contribution is -0.0587. The summed E-state index contributed by atoms with van der Waals surface area (Å²) in [4.78, 5) is 0. The normalized spacial score (nSPS) is 14.2. The highest BCUT2D eigenvalue weighted by Gasteiger charge is 2.19. The van der Waals surface area contributed by atoms with Gasteiger partial charge in [-0.2, -0.15) is 0 Å². The van der Waals surface area contributed by atoms with Crippen LogP contribution >= 0.6 is 0 Å². The Morgan fingerprint density at radius 1 is 1.00 bits per heavy atom. The first kappa shape index (κ1) is 15.1. The second-order valence-electron chi connectivity index (χ2n) is 5.09. The molecule has 1 unspecified atom stereocenters. The summed E-state index contributed by atoms with van der Waals surface area (Å²) in [6.45, 7) is 11.2. The van der Waals surface area contributed by atoms with E-state index in [2.05, 4.69) is 34.6 Å². The molecule has 0 fully saturated rings. The van der Waals surface area contributed by atoms with Crippen molar-refractivity contribution >= 4 is 9.04 Å². The highest BCUT2D eigenvalue weighted by molar-refractivity contribution is 6.51. The largest absolute Gasteiger partial charge is 0.396 e. The van der Waals surface area contributed by atoms with Gasteiger partial charge in [-0.1, -0.05) is 34.6 Å². The van der Waals surface area contributed by atoms with Crippen LogP contribution in [0.5, 0.6) is 0 Å². The van der Waals surface area contributed by atoms with Crippen LogP contribution in [0.25, 0.3) is 0 Å². The zero-order valence-electron chi connectivity index (χ0n) is 11.2. The Hall–Kier alpha value is 0.137. The van der Waals surface area contributed by atoms with Gasteiger partial charge in [0.1, 0.15) is 6.29 Å². The van der Waals surface area contributed by atoms with Gasteiger partial charge in [0.2, 0.25) is 0 Å². The number of methoxy groups -OCH3 is 1. The van der Waals surface area contributed by atoms with E-state index in [0.717, 1.165) is 18.3 Å². The van der Waals surface area contributed by atoms with Crippen LogP contribution in [0.1, 0.15) is 41.0 Å². The summed E-state index contributed by atoms with van der Waals surface area (Å²) >= 11 is 0. The standard InChI is InChI=1S/C12H28O2Si/c1-7-12(13-6)14-15(8-10(2)3)9-11(4)5/h10-12,15H,7-9H2,1-6H3. The second kappa shape index (κ2) is 8.31. The van der Waals surface area contributed by atoms with Crippen LogP contribution in [0, 0.1) is 11.8 Å².